The van der Waals surface area contributed by atoms with Crippen LogP contribution in [-0.4, -0.2) is 48.5 Å². The number of amides is 1. The van der Waals surface area contributed by atoms with Crippen LogP contribution in [0.25, 0.3) is 0 Å². The maximum atomic E-state index is 12.7. The molecule has 126 valence electrons. The fourth-order valence-electron chi connectivity index (χ4n) is 2.90. The molecule has 1 aliphatic heterocycles. The molecule has 5 heteroatoms. The summed E-state index contributed by atoms with van der Waals surface area (Å²) in [6.45, 7) is 6.16. The molecular formula is C19H24N4O. The van der Waals surface area contributed by atoms with Gasteiger partial charge in [-0.05, 0) is 30.7 Å². The van der Waals surface area contributed by atoms with Crippen molar-refractivity contribution in [3.8, 4) is 0 Å². The fraction of sp³-hybridized carbons (Fsp3) is 0.368. The Kier molecular flexibility index (Phi) is 5.31. The highest BCUT2D eigenvalue weighted by Crippen LogP contribution is 2.17. The van der Waals surface area contributed by atoms with E-state index in [9.17, 15) is 4.79 Å². The number of carbonyl (C=O) groups is 1. The van der Waals surface area contributed by atoms with Crippen LogP contribution in [0, 0.1) is 0 Å². The molecule has 24 heavy (non-hydrogen) atoms. The second-order valence-electron chi connectivity index (χ2n) is 5.97. The van der Waals surface area contributed by atoms with Crippen LogP contribution in [0.2, 0.25) is 0 Å². The van der Waals surface area contributed by atoms with Crippen molar-refractivity contribution in [1.29, 1.82) is 0 Å². The summed E-state index contributed by atoms with van der Waals surface area (Å²) < 4.78 is 0. The third kappa shape index (κ3) is 3.85. The van der Waals surface area contributed by atoms with Gasteiger partial charge in [0.15, 0.2) is 0 Å². The summed E-state index contributed by atoms with van der Waals surface area (Å²) in [7, 11) is 0. The summed E-state index contributed by atoms with van der Waals surface area (Å²) >= 11 is 0. The van der Waals surface area contributed by atoms with Crippen molar-refractivity contribution >= 4 is 17.3 Å². The normalized spacial score (nSPS) is 14.5. The third-order valence-electron chi connectivity index (χ3n) is 4.25. The lowest BCUT2D eigenvalue weighted by Gasteiger charge is -2.36. The minimum atomic E-state index is 0.0165. The number of pyridine rings is 1. The molecule has 1 N–H and O–H groups in total. The molecule has 1 saturated heterocycles. The van der Waals surface area contributed by atoms with Crippen molar-refractivity contribution in [2.24, 2.45) is 0 Å². The van der Waals surface area contributed by atoms with Gasteiger partial charge in [0.05, 0.1) is 0 Å². The minimum Gasteiger partial charge on any atom is -0.385 e. The molecule has 0 spiro atoms. The Morgan fingerprint density at radius 3 is 2.58 bits per heavy atom. The number of nitrogens with zero attached hydrogens (tertiary/aromatic N) is 3. The van der Waals surface area contributed by atoms with E-state index in [4.69, 9.17) is 0 Å². The van der Waals surface area contributed by atoms with Gasteiger partial charge in [0.1, 0.15) is 5.69 Å². The maximum absolute atomic E-state index is 12.7. The zero-order valence-electron chi connectivity index (χ0n) is 14.1. The topological polar surface area (TPSA) is 48.5 Å². The van der Waals surface area contributed by atoms with Crippen LogP contribution in [0.3, 0.4) is 0 Å². The number of hydrogen-bond acceptors (Lipinski definition) is 4. The van der Waals surface area contributed by atoms with Crippen molar-refractivity contribution in [3.63, 3.8) is 0 Å². The Labute approximate surface area is 143 Å². The number of anilines is 2. The van der Waals surface area contributed by atoms with Gasteiger partial charge in [-0.15, -0.1) is 0 Å². The highest BCUT2D eigenvalue weighted by Gasteiger charge is 2.23. The fourth-order valence-corrected chi connectivity index (χ4v) is 2.90. The average Bonchev–Trinajstić information content (AvgIpc) is 2.67. The Morgan fingerprint density at radius 2 is 1.88 bits per heavy atom. The highest BCUT2D eigenvalue weighted by atomic mass is 16.2. The molecule has 5 nitrogen and oxygen atoms in total. The second-order valence-corrected chi connectivity index (χ2v) is 5.97. The number of piperazine rings is 1. The highest BCUT2D eigenvalue weighted by molar-refractivity contribution is 5.93. The monoisotopic (exact) mass is 324 g/mol. The smallest absolute Gasteiger partial charge is 0.272 e. The molecule has 1 aromatic carbocycles. The van der Waals surface area contributed by atoms with E-state index in [2.05, 4.69) is 34.3 Å². The Bertz CT molecular complexity index is 666. The van der Waals surface area contributed by atoms with Gasteiger partial charge in [-0.3, -0.25) is 9.78 Å². The predicted molar refractivity (Wildman–Crippen MR) is 97.6 cm³/mol. The van der Waals surface area contributed by atoms with Gasteiger partial charge in [-0.2, -0.15) is 0 Å². The van der Waals surface area contributed by atoms with Crippen LogP contribution >= 0.6 is 0 Å². The Balaban J connectivity index is 1.61. The standard InChI is InChI=1S/C19H24N4O/c1-2-9-20-16-8-10-21-18(15-16)19(24)23-13-11-22(12-14-23)17-6-4-3-5-7-17/h3-8,10,15H,2,9,11-14H2,1H3,(H,20,21). The van der Waals surface area contributed by atoms with Crippen LogP contribution in [-0.2, 0) is 0 Å². The molecule has 2 heterocycles. The van der Waals surface area contributed by atoms with Crippen molar-refractivity contribution in [2.45, 2.75) is 13.3 Å². The van der Waals surface area contributed by atoms with Crippen LogP contribution < -0.4 is 10.2 Å². The van der Waals surface area contributed by atoms with E-state index in [1.807, 2.05) is 35.2 Å². The molecule has 0 unspecified atom stereocenters. The molecular weight excluding hydrogens is 300 g/mol. The van der Waals surface area contributed by atoms with E-state index in [-0.39, 0.29) is 5.91 Å². The van der Waals surface area contributed by atoms with Crippen molar-refractivity contribution in [3.05, 3.63) is 54.4 Å². The summed E-state index contributed by atoms with van der Waals surface area (Å²) in [6.07, 6.45) is 2.75. The largest absolute Gasteiger partial charge is 0.385 e. The van der Waals surface area contributed by atoms with Gasteiger partial charge in [-0.25, -0.2) is 0 Å². The zero-order chi connectivity index (χ0) is 16.8. The second kappa shape index (κ2) is 7.81. The number of rotatable bonds is 5. The van der Waals surface area contributed by atoms with E-state index in [0.717, 1.165) is 44.8 Å². The first-order valence-corrected chi connectivity index (χ1v) is 8.57. The average molecular weight is 324 g/mol. The van der Waals surface area contributed by atoms with Crippen LogP contribution in [0.5, 0.6) is 0 Å². The van der Waals surface area contributed by atoms with E-state index in [1.54, 1.807) is 6.20 Å². The van der Waals surface area contributed by atoms with Gasteiger partial charge in [0, 0.05) is 50.3 Å². The molecule has 1 amide bonds. The quantitative estimate of drug-likeness (QED) is 0.919. The maximum Gasteiger partial charge on any atom is 0.272 e. The Hall–Kier alpha value is -2.56. The van der Waals surface area contributed by atoms with Gasteiger partial charge in [0.2, 0.25) is 0 Å². The first-order valence-electron chi connectivity index (χ1n) is 8.57. The third-order valence-corrected chi connectivity index (χ3v) is 4.25. The lowest BCUT2D eigenvalue weighted by atomic mass is 10.2. The van der Waals surface area contributed by atoms with E-state index in [0.29, 0.717) is 5.69 Å². The number of benzene rings is 1. The van der Waals surface area contributed by atoms with Crippen molar-refractivity contribution in [1.82, 2.24) is 9.88 Å². The first kappa shape index (κ1) is 16.3. The molecule has 1 aliphatic rings. The summed E-state index contributed by atoms with van der Waals surface area (Å²) in [5, 5.41) is 3.30. The molecule has 1 fully saturated rings. The molecule has 0 atom stereocenters. The van der Waals surface area contributed by atoms with Gasteiger partial charge < -0.3 is 15.1 Å². The summed E-state index contributed by atoms with van der Waals surface area (Å²) in [5.41, 5.74) is 2.69. The molecule has 2 aromatic rings. The minimum absolute atomic E-state index is 0.0165. The summed E-state index contributed by atoms with van der Waals surface area (Å²) in [5.74, 6) is 0.0165. The SMILES string of the molecule is CCCNc1ccnc(C(=O)N2CCN(c3ccccc3)CC2)c1. The summed E-state index contributed by atoms with van der Waals surface area (Å²) in [6, 6.07) is 14.1. The molecule has 0 saturated carbocycles. The molecule has 0 bridgehead atoms. The van der Waals surface area contributed by atoms with E-state index >= 15 is 0 Å². The lowest BCUT2D eigenvalue weighted by Crippen LogP contribution is -2.49. The van der Waals surface area contributed by atoms with Crippen LogP contribution in [0.1, 0.15) is 23.8 Å². The van der Waals surface area contributed by atoms with Crippen LogP contribution in [0.4, 0.5) is 11.4 Å². The predicted octanol–water partition coefficient (Wildman–Crippen LogP) is 2.87. The number of aromatic nitrogens is 1. The number of hydrogen-bond donors (Lipinski definition) is 1. The van der Waals surface area contributed by atoms with E-state index in [1.165, 1.54) is 5.69 Å². The molecule has 3 rings (SSSR count). The van der Waals surface area contributed by atoms with E-state index < -0.39 is 0 Å². The van der Waals surface area contributed by atoms with Gasteiger partial charge in [-0.1, -0.05) is 25.1 Å². The molecule has 0 radical (unpaired) electrons. The first-order chi connectivity index (χ1) is 11.8. The molecule has 1 aromatic heterocycles. The summed E-state index contributed by atoms with van der Waals surface area (Å²) in [4.78, 5) is 21.2. The zero-order valence-corrected chi connectivity index (χ0v) is 14.1. The van der Waals surface area contributed by atoms with Crippen molar-refractivity contribution < 1.29 is 4.79 Å². The lowest BCUT2D eigenvalue weighted by molar-refractivity contribution is 0.0741. The van der Waals surface area contributed by atoms with Gasteiger partial charge >= 0.3 is 0 Å². The van der Waals surface area contributed by atoms with Crippen molar-refractivity contribution in [2.75, 3.05) is 42.9 Å². The number of carbonyl (C=O) groups excluding carboxylic acids is 1. The Morgan fingerprint density at radius 1 is 1.12 bits per heavy atom. The number of nitrogens with one attached hydrogen (secondary N) is 1. The van der Waals surface area contributed by atoms with Crippen LogP contribution in [0.15, 0.2) is 48.7 Å². The van der Waals surface area contributed by atoms with Gasteiger partial charge in [0.25, 0.3) is 5.91 Å². The number of para-hydroxylation sites is 1. The molecule has 0 aliphatic carbocycles.